The summed E-state index contributed by atoms with van der Waals surface area (Å²) < 4.78 is 48.0. The average molecular weight is 172 g/mol. The maximum Gasteiger partial charge on any atom is 0.411 e. The van der Waals surface area contributed by atoms with Crippen LogP contribution in [0.4, 0.5) is 13.2 Å². The Hall–Kier alpha value is -0.330. The fourth-order valence-corrected chi connectivity index (χ4v) is 0.600. The van der Waals surface area contributed by atoms with E-state index in [0.29, 0.717) is 0 Å². The molecular weight excluding hydrogens is 165 g/mol. The summed E-state index contributed by atoms with van der Waals surface area (Å²) in [6, 6.07) is 0. The Morgan fingerprint density at radius 1 is 1.45 bits per heavy atom. The summed E-state index contributed by atoms with van der Waals surface area (Å²) in [4.78, 5) is 0. The van der Waals surface area contributed by atoms with Gasteiger partial charge in [0.1, 0.15) is 20.0 Å². The molecule has 0 aromatic heterocycles. The van der Waals surface area contributed by atoms with Crippen molar-refractivity contribution in [1.82, 2.24) is 0 Å². The van der Waals surface area contributed by atoms with E-state index in [1.54, 1.807) is 0 Å². The van der Waals surface area contributed by atoms with Crippen LogP contribution in [0, 0.1) is 0 Å². The Morgan fingerprint density at radius 2 is 2.18 bits per heavy atom. The first-order valence-electron chi connectivity index (χ1n) is 2.95. The van der Waals surface area contributed by atoms with E-state index in [1.165, 1.54) is 0 Å². The number of rotatable bonds is 2. The van der Waals surface area contributed by atoms with Gasteiger partial charge in [-0.2, -0.15) is 13.2 Å². The quantitative estimate of drug-likeness (QED) is 0.619. The van der Waals surface area contributed by atoms with Gasteiger partial charge in [0.05, 0.1) is 0 Å². The van der Waals surface area contributed by atoms with E-state index in [9.17, 15) is 13.2 Å². The highest BCUT2D eigenvalue weighted by Gasteiger charge is 2.30. The molecule has 1 fully saturated rings. The highest BCUT2D eigenvalue weighted by molar-refractivity contribution is 4.50. The third-order valence-corrected chi connectivity index (χ3v) is 1.02. The molecule has 1 unspecified atom stereocenters. The van der Waals surface area contributed by atoms with E-state index in [2.05, 4.69) is 14.2 Å². The van der Waals surface area contributed by atoms with Crippen LogP contribution < -0.4 is 0 Å². The lowest BCUT2D eigenvalue weighted by molar-refractivity contribution is -0.215. The monoisotopic (exact) mass is 172 g/mol. The van der Waals surface area contributed by atoms with Crippen molar-refractivity contribution in [1.29, 1.82) is 0 Å². The summed E-state index contributed by atoms with van der Waals surface area (Å²) in [6.45, 7) is -1.22. The van der Waals surface area contributed by atoms with Crippen molar-refractivity contribution in [2.24, 2.45) is 0 Å². The molecule has 0 amide bonds. The van der Waals surface area contributed by atoms with Gasteiger partial charge in [0.25, 0.3) is 0 Å². The largest absolute Gasteiger partial charge is 0.411 e. The first kappa shape index (κ1) is 8.76. The van der Waals surface area contributed by atoms with Crippen molar-refractivity contribution in [3.05, 3.63) is 0 Å². The van der Waals surface area contributed by atoms with Crippen LogP contribution in [0.3, 0.4) is 0 Å². The number of ether oxygens (including phenoxy) is 3. The molecule has 11 heavy (non-hydrogen) atoms. The lowest BCUT2D eigenvalue weighted by Crippen LogP contribution is -2.24. The molecule has 0 aromatic carbocycles. The van der Waals surface area contributed by atoms with Gasteiger partial charge in [0.2, 0.25) is 0 Å². The lowest BCUT2D eigenvalue weighted by atomic mass is 10.6. The lowest BCUT2D eigenvalue weighted by Gasteiger charge is -2.10. The van der Waals surface area contributed by atoms with Crippen LogP contribution in [0.5, 0.6) is 0 Å². The van der Waals surface area contributed by atoms with Crippen LogP contribution in [0.2, 0.25) is 0 Å². The van der Waals surface area contributed by atoms with E-state index in [4.69, 9.17) is 0 Å². The van der Waals surface area contributed by atoms with Gasteiger partial charge >= 0.3 is 6.18 Å². The van der Waals surface area contributed by atoms with E-state index >= 15 is 0 Å². The predicted molar refractivity (Wildman–Crippen MR) is 27.7 cm³/mol. The van der Waals surface area contributed by atoms with Gasteiger partial charge in [-0.05, 0) is 0 Å². The summed E-state index contributed by atoms with van der Waals surface area (Å²) in [5.74, 6) is 0. The summed E-state index contributed by atoms with van der Waals surface area (Å²) in [5, 5.41) is 0. The minimum Gasteiger partial charge on any atom is -0.350 e. The highest BCUT2D eigenvalue weighted by Crippen LogP contribution is 2.16. The molecule has 0 N–H and O–H groups in total. The molecule has 66 valence electrons. The molecule has 1 aliphatic heterocycles. The van der Waals surface area contributed by atoms with Crippen LogP contribution in [0.1, 0.15) is 0 Å². The van der Waals surface area contributed by atoms with Gasteiger partial charge in [-0.3, -0.25) is 0 Å². The molecule has 1 aliphatic rings. The second-order valence-corrected chi connectivity index (χ2v) is 2.01. The van der Waals surface area contributed by atoms with Gasteiger partial charge in [0.15, 0.2) is 6.29 Å². The summed E-state index contributed by atoms with van der Waals surface area (Å²) in [7, 11) is 0. The number of halogens is 3. The first-order chi connectivity index (χ1) is 5.08. The van der Waals surface area contributed by atoms with Crippen LogP contribution in [0.15, 0.2) is 0 Å². The van der Waals surface area contributed by atoms with Gasteiger partial charge in [0, 0.05) is 0 Å². The maximum atomic E-state index is 11.5. The van der Waals surface area contributed by atoms with Crippen molar-refractivity contribution in [3.8, 4) is 0 Å². The van der Waals surface area contributed by atoms with Crippen molar-refractivity contribution in [2.45, 2.75) is 12.5 Å². The summed E-state index contributed by atoms with van der Waals surface area (Å²) in [6.07, 6.45) is -5.16. The normalized spacial score (nSPS) is 25.9. The van der Waals surface area contributed by atoms with Crippen LogP contribution in [-0.4, -0.2) is 32.5 Å². The first-order valence-corrected chi connectivity index (χ1v) is 2.95. The zero-order chi connectivity index (χ0) is 8.32. The summed E-state index contributed by atoms with van der Waals surface area (Å²) >= 11 is 0. The standard InChI is InChI=1S/C5H7F3O3/c6-5(7,8)2-10-4-1-9-3-11-4/h4H,1-3H2. The minimum atomic E-state index is -4.30. The Balaban J connectivity index is 2.11. The molecule has 0 saturated carbocycles. The van der Waals surface area contributed by atoms with E-state index in [0.717, 1.165) is 0 Å². The van der Waals surface area contributed by atoms with Crippen molar-refractivity contribution in [3.63, 3.8) is 0 Å². The van der Waals surface area contributed by atoms with Crippen LogP contribution >= 0.6 is 0 Å². The predicted octanol–water partition coefficient (Wildman–Crippen LogP) is 0.896. The van der Waals surface area contributed by atoms with Crippen molar-refractivity contribution < 1.29 is 27.4 Å². The fraction of sp³-hybridized carbons (Fsp3) is 1.00. The fourth-order valence-electron chi connectivity index (χ4n) is 0.600. The van der Waals surface area contributed by atoms with E-state index < -0.39 is 19.1 Å². The zero-order valence-electron chi connectivity index (χ0n) is 5.56. The Morgan fingerprint density at radius 3 is 2.64 bits per heavy atom. The van der Waals surface area contributed by atoms with Crippen LogP contribution in [0.25, 0.3) is 0 Å². The maximum absolute atomic E-state index is 11.5. The van der Waals surface area contributed by atoms with Gasteiger partial charge in [-0.1, -0.05) is 0 Å². The highest BCUT2D eigenvalue weighted by atomic mass is 19.4. The van der Waals surface area contributed by atoms with Crippen molar-refractivity contribution >= 4 is 0 Å². The number of hydrogen-bond acceptors (Lipinski definition) is 3. The van der Waals surface area contributed by atoms with Gasteiger partial charge < -0.3 is 14.2 Å². The molecule has 1 atom stereocenters. The van der Waals surface area contributed by atoms with E-state index in [1.807, 2.05) is 0 Å². The molecule has 3 nitrogen and oxygen atoms in total. The zero-order valence-corrected chi connectivity index (χ0v) is 5.56. The molecule has 6 heteroatoms. The van der Waals surface area contributed by atoms with Crippen LogP contribution in [-0.2, 0) is 14.2 Å². The third-order valence-electron chi connectivity index (χ3n) is 1.02. The smallest absolute Gasteiger partial charge is 0.350 e. The molecular formula is C5H7F3O3. The topological polar surface area (TPSA) is 27.7 Å². The summed E-state index contributed by atoms with van der Waals surface area (Å²) in [5.41, 5.74) is 0. The Kier molecular flexibility index (Phi) is 2.69. The number of alkyl halides is 3. The SMILES string of the molecule is FC(F)(F)COC1COCO1. The molecule has 0 radical (unpaired) electrons. The molecule has 1 rings (SSSR count). The van der Waals surface area contributed by atoms with E-state index in [-0.39, 0.29) is 13.4 Å². The van der Waals surface area contributed by atoms with Gasteiger partial charge in [-0.25, -0.2) is 0 Å². The number of hydrogen-bond donors (Lipinski definition) is 0. The molecule has 0 bridgehead atoms. The third kappa shape index (κ3) is 3.54. The molecule has 1 saturated heterocycles. The Labute approximate surface area is 61.0 Å². The molecule has 1 heterocycles. The minimum absolute atomic E-state index is 0.00250. The second-order valence-electron chi connectivity index (χ2n) is 2.01. The molecule has 0 aromatic rings. The van der Waals surface area contributed by atoms with Gasteiger partial charge in [-0.15, -0.1) is 0 Å². The molecule has 0 aliphatic carbocycles. The average Bonchev–Trinajstić information content (AvgIpc) is 2.32. The Bertz CT molecular complexity index is 119. The second kappa shape index (κ2) is 3.38. The van der Waals surface area contributed by atoms with Crippen molar-refractivity contribution in [2.75, 3.05) is 20.0 Å². The molecule has 0 spiro atoms.